The molecule has 24 heavy (non-hydrogen) atoms. The summed E-state index contributed by atoms with van der Waals surface area (Å²) in [7, 11) is 0. The van der Waals surface area contributed by atoms with Crippen LogP contribution < -0.4 is 5.32 Å². The van der Waals surface area contributed by atoms with Crippen molar-refractivity contribution in [1.82, 2.24) is 0 Å². The van der Waals surface area contributed by atoms with E-state index in [1.807, 2.05) is 0 Å². The van der Waals surface area contributed by atoms with Gasteiger partial charge in [-0.15, -0.1) is 0 Å². The van der Waals surface area contributed by atoms with Crippen molar-refractivity contribution in [2.24, 2.45) is 0 Å². The molecule has 2 rings (SSSR count). The molecule has 0 aliphatic heterocycles. The van der Waals surface area contributed by atoms with Crippen molar-refractivity contribution in [3.05, 3.63) is 64.5 Å². The Labute approximate surface area is 134 Å². The monoisotopic (exact) mass is 331 g/mol. The van der Waals surface area contributed by atoms with Crippen molar-refractivity contribution in [2.45, 2.75) is 6.04 Å². The molecule has 8 heteroatoms. The number of benzene rings is 2. The van der Waals surface area contributed by atoms with E-state index in [0.29, 0.717) is 0 Å². The van der Waals surface area contributed by atoms with Crippen LogP contribution >= 0.6 is 0 Å². The molecule has 0 saturated carbocycles. The molecule has 2 aromatic carbocycles. The highest BCUT2D eigenvalue weighted by molar-refractivity contribution is 5.80. The summed E-state index contributed by atoms with van der Waals surface area (Å²) in [5.41, 5.74) is -3.00. The molecular formula is C16H8F3N3O2. The molecule has 0 spiro atoms. The summed E-state index contributed by atoms with van der Waals surface area (Å²) in [6.07, 6.45) is 0. The average Bonchev–Trinajstić information content (AvgIpc) is 2.57. The topological polar surface area (TPSA) is 96.9 Å². The van der Waals surface area contributed by atoms with Gasteiger partial charge in [0.15, 0.2) is 23.5 Å². The summed E-state index contributed by atoms with van der Waals surface area (Å²) in [5, 5.41) is 29.0. The van der Waals surface area contributed by atoms with Crippen LogP contribution in [0, 0.1) is 40.1 Å². The normalized spacial score (nSPS) is 11.2. The first kappa shape index (κ1) is 16.8. The Balaban J connectivity index is 2.63. The van der Waals surface area contributed by atoms with Crippen LogP contribution in [-0.2, 0) is 4.79 Å². The second kappa shape index (κ2) is 6.71. The molecule has 0 aromatic heterocycles. The number of carboxylic acids is 1. The predicted molar refractivity (Wildman–Crippen MR) is 76.2 cm³/mol. The highest BCUT2D eigenvalue weighted by Gasteiger charge is 2.29. The van der Waals surface area contributed by atoms with E-state index in [1.54, 1.807) is 6.07 Å². The first-order valence-corrected chi connectivity index (χ1v) is 6.47. The van der Waals surface area contributed by atoms with Gasteiger partial charge in [-0.2, -0.15) is 10.5 Å². The van der Waals surface area contributed by atoms with Crippen LogP contribution in [0.3, 0.4) is 0 Å². The van der Waals surface area contributed by atoms with Crippen molar-refractivity contribution in [2.75, 3.05) is 5.32 Å². The van der Waals surface area contributed by atoms with Gasteiger partial charge in [0.05, 0.1) is 5.69 Å². The maximum Gasteiger partial charge on any atom is 0.330 e. The van der Waals surface area contributed by atoms with Crippen LogP contribution in [0.15, 0.2) is 30.3 Å². The minimum atomic E-state index is -1.80. The number of carboxylic acid groups (broad SMARTS) is 1. The highest BCUT2D eigenvalue weighted by Crippen LogP contribution is 2.31. The SMILES string of the molecule is N#Cc1c(F)c(F)c(NC(C(=O)O)c2ccccc2)c(C#N)c1F. The summed E-state index contributed by atoms with van der Waals surface area (Å²) in [5.74, 6) is -6.51. The Hall–Kier alpha value is -3.52. The van der Waals surface area contributed by atoms with Crippen LogP contribution in [-0.4, -0.2) is 11.1 Å². The second-order valence-electron chi connectivity index (χ2n) is 4.62. The number of carbonyl (C=O) groups is 1. The van der Waals surface area contributed by atoms with Gasteiger partial charge in [-0.3, -0.25) is 0 Å². The average molecular weight is 331 g/mol. The van der Waals surface area contributed by atoms with Gasteiger partial charge in [-0.1, -0.05) is 30.3 Å². The molecule has 0 aliphatic rings. The third-order valence-corrected chi connectivity index (χ3v) is 3.21. The van der Waals surface area contributed by atoms with Crippen molar-refractivity contribution in [3.8, 4) is 12.1 Å². The summed E-state index contributed by atoms with van der Waals surface area (Å²) in [6, 6.07) is 8.37. The third kappa shape index (κ3) is 2.85. The van der Waals surface area contributed by atoms with Crippen LogP contribution in [0.4, 0.5) is 18.9 Å². The number of anilines is 1. The van der Waals surface area contributed by atoms with E-state index in [1.165, 1.54) is 30.3 Å². The highest BCUT2D eigenvalue weighted by atomic mass is 19.2. The quantitative estimate of drug-likeness (QED) is 0.839. The standard InChI is InChI=1S/C16H8F3N3O2/c17-11-9(6-20)12(18)13(19)15(10(11)7-21)22-14(16(23)24)8-4-2-1-3-5-8/h1-5,14,22H,(H,23,24). The van der Waals surface area contributed by atoms with Gasteiger partial charge >= 0.3 is 5.97 Å². The fourth-order valence-corrected chi connectivity index (χ4v) is 2.08. The Morgan fingerprint density at radius 2 is 1.58 bits per heavy atom. The molecule has 5 nitrogen and oxygen atoms in total. The second-order valence-corrected chi connectivity index (χ2v) is 4.62. The zero-order chi connectivity index (χ0) is 17.9. The van der Waals surface area contributed by atoms with Crippen molar-refractivity contribution in [3.63, 3.8) is 0 Å². The smallest absolute Gasteiger partial charge is 0.330 e. The van der Waals surface area contributed by atoms with E-state index < -0.39 is 46.3 Å². The number of nitrogens with one attached hydrogen (secondary N) is 1. The van der Waals surface area contributed by atoms with Crippen molar-refractivity contribution in [1.29, 1.82) is 10.5 Å². The number of halogens is 3. The lowest BCUT2D eigenvalue weighted by Crippen LogP contribution is -2.22. The van der Waals surface area contributed by atoms with Gasteiger partial charge in [0.25, 0.3) is 0 Å². The lowest BCUT2D eigenvalue weighted by atomic mass is 10.0. The Bertz CT molecular complexity index is 886. The molecule has 120 valence electrons. The molecule has 0 radical (unpaired) electrons. The Morgan fingerprint density at radius 3 is 2.08 bits per heavy atom. The van der Waals surface area contributed by atoms with E-state index in [0.717, 1.165) is 6.07 Å². The zero-order valence-electron chi connectivity index (χ0n) is 11.8. The minimum absolute atomic E-state index is 0.179. The molecule has 0 aliphatic carbocycles. The van der Waals surface area contributed by atoms with Gasteiger partial charge in [-0.05, 0) is 5.56 Å². The molecule has 0 bridgehead atoms. The fraction of sp³-hybridized carbons (Fsp3) is 0.0625. The van der Waals surface area contributed by atoms with E-state index >= 15 is 0 Å². The maximum atomic E-state index is 14.1. The number of nitriles is 2. The van der Waals surface area contributed by atoms with E-state index in [2.05, 4.69) is 5.32 Å². The molecule has 0 amide bonds. The van der Waals surface area contributed by atoms with Crippen LogP contribution in [0.5, 0.6) is 0 Å². The fourth-order valence-electron chi connectivity index (χ4n) is 2.08. The largest absolute Gasteiger partial charge is 0.479 e. The maximum absolute atomic E-state index is 14.1. The molecule has 2 aromatic rings. The molecule has 1 atom stereocenters. The first-order valence-electron chi connectivity index (χ1n) is 6.47. The van der Waals surface area contributed by atoms with Crippen LogP contribution in [0.2, 0.25) is 0 Å². The first-order chi connectivity index (χ1) is 11.4. The van der Waals surface area contributed by atoms with Gasteiger partial charge in [0.1, 0.15) is 23.3 Å². The molecular weight excluding hydrogens is 323 g/mol. The molecule has 0 fully saturated rings. The summed E-state index contributed by atoms with van der Waals surface area (Å²) >= 11 is 0. The molecule has 1 unspecified atom stereocenters. The van der Waals surface area contributed by atoms with Gasteiger partial charge < -0.3 is 10.4 Å². The zero-order valence-corrected chi connectivity index (χ0v) is 11.8. The van der Waals surface area contributed by atoms with Crippen molar-refractivity contribution < 1.29 is 23.1 Å². The van der Waals surface area contributed by atoms with Crippen LogP contribution in [0.25, 0.3) is 0 Å². The number of aliphatic carboxylic acids is 1. The number of rotatable bonds is 4. The summed E-state index contributed by atoms with van der Waals surface area (Å²) in [4.78, 5) is 11.4. The molecule has 0 heterocycles. The predicted octanol–water partition coefficient (Wildman–Crippen LogP) is 3.09. The van der Waals surface area contributed by atoms with E-state index in [-0.39, 0.29) is 5.56 Å². The Kier molecular flexibility index (Phi) is 4.71. The molecule has 2 N–H and O–H groups in total. The van der Waals surface area contributed by atoms with Gasteiger partial charge in [0, 0.05) is 0 Å². The molecule has 0 saturated heterocycles. The lowest BCUT2D eigenvalue weighted by Gasteiger charge is -2.18. The number of hydrogen-bond acceptors (Lipinski definition) is 4. The van der Waals surface area contributed by atoms with E-state index in [9.17, 15) is 23.1 Å². The number of hydrogen-bond donors (Lipinski definition) is 2. The summed E-state index contributed by atoms with van der Waals surface area (Å²) in [6.45, 7) is 0. The van der Waals surface area contributed by atoms with Crippen LogP contribution in [0.1, 0.15) is 22.7 Å². The minimum Gasteiger partial charge on any atom is -0.479 e. The third-order valence-electron chi connectivity index (χ3n) is 3.21. The van der Waals surface area contributed by atoms with Crippen molar-refractivity contribution >= 4 is 11.7 Å². The van der Waals surface area contributed by atoms with E-state index in [4.69, 9.17) is 10.5 Å². The Morgan fingerprint density at radius 1 is 1.00 bits per heavy atom. The number of nitrogens with zero attached hydrogens (tertiary/aromatic N) is 2. The lowest BCUT2D eigenvalue weighted by molar-refractivity contribution is -0.138. The van der Waals surface area contributed by atoms with Gasteiger partial charge in [-0.25, -0.2) is 18.0 Å². The van der Waals surface area contributed by atoms with Gasteiger partial charge in [0.2, 0.25) is 0 Å². The summed E-state index contributed by atoms with van der Waals surface area (Å²) < 4.78 is 41.9.